The highest BCUT2D eigenvalue weighted by molar-refractivity contribution is 7.90. The van der Waals surface area contributed by atoms with Gasteiger partial charge in [-0.3, -0.25) is 0 Å². The van der Waals surface area contributed by atoms with Crippen LogP contribution in [-0.2, 0) is 22.9 Å². The molecule has 0 spiro atoms. The Labute approximate surface area is 146 Å². The monoisotopic (exact) mass is 360 g/mol. The van der Waals surface area contributed by atoms with Gasteiger partial charge < -0.3 is 5.32 Å². The SMILES string of the molecule is O=S(=O)(c1ccc2c(c1)CCNCC2)n1ccc2c(Cl)cccc21. The summed E-state index contributed by atoms with van der Waals surface area (Å²) in [7, 11) is -3.65. The van der Waals surface area contributed by atoms with Crippen LogP contribution in [0.2, 0.25) is 5.02 Å². The van der Waals surface area contributed by atoms with Crippen molar-refractivity contribution < 1.29 is 8.42 Å². The van der Waals surface area contributed by atoms with Gasteiger partial charge in [-0.1, -0.05) is 23.7 Å². The lowest BCUT2D eigenvalue weighted by molar-refractivity contribution is 0.589. The molecule has 1 aliphatic rings. The van der Waals surface area contributed by atoms with Crippen molar-refractivity contribution in [1.82, 2.24) is 9.29 Å². The molecular weight excluding hydrogens is 344 g/mol. The minimum atomic E-state index is -3.65. The largest absolute Gasteiger partial charge is 0.316 e. The quantitative estimate of drug-likeness (QED) is 0.763. The third-order valence-electron chi connectivity index (χ3n) is 4.52. The molecular formula is C18H17ClN2O2S. The first-order valence-electron chi connectivity index (χ1n) is 7.91. The summed E-state index contributed by atoms with van der Waals surface area (Å²) in [6.45, 7) is 1.80. The highest BCUT2D eigenvalue weighted by Gasteiger charge is 2.21. The Hall–Kier alpha value is -1.82. The van der Waals surface area contributed by atoms with Gasteiger partial charge in [0.15, 0.2) is 0 Å². The second kappa shape index (κ2) is 5.92. The molecule has 0 amide bonds. The van der Waals surface area contributed by atoms with Gasteiger partial charge in [-0.25, -0.2) is 12.4 Å². The molecule has 124 valence electrons. The van der Waals surface area contributed by atoms with E-state index in [0.717, 1.165) is 36.9 Å². The summed E-state index contributed by atoms with van der Waals surface area (Å²) in [6, 6.07) is 12.5. The lowest BCUT2D eigenvalue weighted by Gasteiger charge is -2.11. The molecule has 6 heteroatoms. The fourth-order valence-corrected chi connectivity index (χ4v) is 4.87. The van der Waals surface area contributed by atoms with Gasteiger partial charge in [0, 0.05) is 16.6 Å². The maximum Gasteiger partial charge on any atom is 0.268 e. The molecule has 3 aromatic rings. The predicted octanol–water partition coefficient (Wildman–Crippen LogP) is 3.22. The molecule has 4 nitrogen and oxygen atoms in total. The topological polar surface area (TPSA) is 51.1 Å². The summed E-state index contributed by atoms with van der Waals surface area (Å²) in [5.74, 6) is 0. The molecule has 0 saturated heterocycles. The van der Waals surface area contributed by atoms with E-state index in [4.69, 9.17) is 11.6 Å². The first kappa shape index (κ1) is 15.7. The van der Waals surface area contributed by atoms with Crippen LogP contribution in [0.3, 0.4) is 0 Å². The number of benzene rings is 2. The Morgan fingerprint density at radius 2 is 1.79 bits per heavy atom. The van der Waals surface area contributed by atoms with Crippen LogP contribution in [0.1, 0.15) is 11.1 Å². The van der Waals surface area contributed by atoms with Crippen molar-refractivity contribution in [2.24, 2.45) is 0 Å². The third-order valence-corrected chi connectivity index (χ3v) is 6.54. The van der Waals surface area contributed by atoms with Gasteiger partial charge >= 0.3 is 0 Å². The molecule has 2 heterocycles. The smallest absolute Gasteiger partial charge is 0.268 e. The number of hydrogen-bond donors (Lipinski definition) is 1. The Balaban J connectivity index is 1.85. The van der Waals surface area contributed by atoms with Gasteiger partial charge in [0.1, 0.15) is 0 Å². The summed E-state index contributed by atoms with van der Waals surface area (Å²) in [4.78, 5) is 0.320. The molecule has 2 aromatic carbocycles. The average Bonchev–Trinajstić information content (AvgIpc) is 2.88. The zero-order valence-electron chi connectivity index (χ0n) is 13.0. The van der Waals surface area contributed by atoms with Crippen molar-refractivity contribution in [1.29, 1.82) is 0 Å². The maximum atomic E-state index is 13.1. The van der Waals surface area contributed by atoms with E-state index in [1.165, 1.54) is 9.54 Å². The van der Waals surface area contributed by atoms with E-state index >= 15 is 0 Å². The number of halogens is 1. The molecule has 4 rings (SSSR count). The normalized spacial score (nSPS) is 15.2. The zero-order valence-corrected chi connectivity index (χ0v) is 14.6. The van der Waals surface area contributed by atoms with E-state index in [1.54, 1.807) is 36.5 Å². The number of nitrogens with one attached hydrogen (secondary N) is 1. The molecule has 0 saturated carbocycles. The molecule has 1 aromatic heterocycles. The highest BCUT2D eigenvalue weighted by Crippen LogP contribution is 2.28. The van der Waals surface area contributed by atoms with Crippen molar-refractivity contribution in [3.63, 3.8) is 0 Å². The summed E-state index contributed by atoms with van der Waals surface area (Å²) in [6.07, 6.45) is 3.34. The summed E-state index contributed by atoms with van der Waals surface area (Å²) < 4.78 is 27.5. The minimum absolute atomic E-state index is 0.320. The van der Waals surface area contributed by atoms with Crippen molar-refractivity contribution in [2.75, 3.05) is 13.1 Å². The van der Waals surface area contributed by atoms with E-state index in [0.29, 0.717) is 15.4 Å². The van der Waals surface area contributed by atoms with Crippen molar-refractivity contribution in [3.8, 4) is 0 Å². The number of rotatable bonds is 2. The van der Waals surface area contributed by atoms with Crippen LogP contribution in [-0.4, -0.2) is 25.5 Å². The minimum Gasteiger partial charge on any atom is -0.316 e. The molecule has 0 atom stereocenters. The van der Waals surface area contributed by atoms with Crippen LogP contribution in [0.25, 0.3) is 10.9 Å². The third kappa shape index (κ3) is 2.53. The molecule has 24 heavy (non-hydrogen) atoms. The molecule has 0 fully saturated rings. The molecule has 0 bridgehead atoms. The second-order valence-corrected chi connectivity index (χ2v) is 8.19. The standard InChI is InChI=1S/C18H17ClN2O2S/c19-17-2-1-3-18-16(17)8-11-21(18)24(22,23)15-5-4-13-6-9-20-10-7-14(13)12-15/h1-5,8,11-12,20H,6-7,9-10H2. The average molecular weight is 361 g/mol. The Morgan fingerprint density at radius 1 is 1.00 bits per heavy atom. The van der Waals surface area contributed by atoms with Gasteiger partial charge in [0.2, 0.25) is 0 Å². The van der Waals surface area contributed by atoms with Crippen molar-refractivity contribution >= 4 is 32.5 Å². The number of aromatic nitrogens is 1. The van der Waals surface area contributed by atoms with E-state index in [1.807, 2.05) is 12.1 Å². The predicted molar refractivity (Wildman–Crippen MR) is 96.3 cm³/mol. The molecule has 0 aliphatic carbocycles. The van der Waals surface area contributed by atoms with E-state index in [2.05, 4.69) is 5.32 Å². The van der Waals surface area contributed by atoms with Crippen LogP contribution in [0.5, 0.6) is 0 Å². The molecule has 1 N–H and O–H groups in total. The van der Waals surface area contributed by atoms with Crippen molar-refractivity contribution in [3.05, 3.63) is 64.8 Å². The lowest BCUT2D eigenvalue weighted by Crippen LogP contribution is -2.16. The van der Waals surface area contributed by atoms with E-state index in [-0.39, 0.29) is 0 Å². The van der Waals surface area contributed by atoms with Gasteiger partial charge in [-0.05, 0) is 67.4 Å². The summed E-state index contributed by atoms with van der Waals surface area (Å²) in [5, 5.41) is 4.63. The van der Waals surface area contributed by atoms with Crippen LogP contribution in [0.4, 0.5) is 0 Å². The first-order chi connectivity index (χ1) is 11.6. The molecule has 0 radical (unpaired) electrons. The van der Waals surface area contributed by atoms with Gasteiger partial charge in [-0.2, -0.15) is 0 Å². The van der Waals surface area contributed by atoms with Crippen molar-refractivity contribution in [2.45, 2.75) is 17.7 Å². The Bertz CT molecular complexity index is 1020. The van der Waals surface area contributed by atoms with Gasteiger partial charge in [0.05, 0.1) is 10.4 Å². The maximum absolute atomic E-state index is 13.1. The van der Waals surface area contributed by atoms with Crippen LogP contribution >= 0.6 is 11.6 Å². The van der Waals surface area contributed by atoms with Crippen LogP contribution in [0, 0.1) is 0 Å². The second-order valence-electron chi connectivity index (χ2n) is 5.97. The summed E-state index contributed by atoms with van der Waals surface area (Å²) >= 11 is 6.16. The fraction of sp³-hybridized carbons (Fsp3) is 0.222. The molecule has 1 aliphatic heterocycles. The first-order valence-corrected chi connectivity index (χ1v) is 9.73. The lowest BCUT2D eigenvalue weighted by atomic mass is 10.0. The number of fused-ring (bicyclic) bond motifs is 2. The van der Waals surface area contributed by atoms with Gasteiger partial charge in [0.25, 0.3) is 10.0 Å². The Morgan fingerprint density at radius 3 is 2.62 bits per heavy atom. The van der Waals surface area contributed by atoms with E-state index in [9.17, 15) is 8.42 Å². The van der Waals surface area contributed by atoms with Gasteiger partial charge in [-0.15, -0.1) is 0 Å². The fourth-order valence-electron chi connectivity index (χ4n) is 3.24. The zero-order chi connectivity index (χ0) is 16.7. The highest BCUT2D eigenvalue weighted by atomic mass is 35.5. The summed E-state index contributed by atoms with van der Waals surface area (Å²) in [5.41, 5.74) is 2.93. The number of hydrogen-bond acceptors (Lipinski definition) is 3. The van der Waals surface area contributed by atoms with Crippen LogP contribution in [0.15, 0.2) is 53.6 Å². The van der Waals surface area contributed by atoms with Crippen LogP contribution < -0.4 is 5.32 Å². The Kier molecular flexibility index (Phi) is 3.87. The van der Waals surface area contributed by atoms with E-state index < -0.39 is 10.0 Å². The molecule has 0 unspecified atom stereocenters. The number of nitrogens with zero attached hydrogens (tertiary/aromatic N) is 1.